The van der Waals surface area contributed by atoms with Gasteiger partial charge >= 0.3 is 35.2 Å². The summed E-state index contributed by atoms with van der Waals surface area (Å²) >= 11 is 2.62. The summed E-state index contributed by atoms with van der Waals surface area (Å²) in [6.45, 7) is 0. The van der Waals surface area contributed by atoms with Gasteiger partial charge in [0, 0.05) is 12.1 Å². The van der Waals surface area contributed by atoms with Crippen LogP contribution >= 0.6 is 11.6 Å². The van der Waals surface area contributed by atoms with Gasteiger partial charge in [0.05, 0.1) is 14.8 Å². The molecule has 0 heterocycles. The van der Waals surface area contributed by atoms with Gasteiger partial charge in [0.25, 0.3) is 0 Å². The van der Waals surface area contributed by atoms with E-state index >= 15 is 0 Å². The number of hydrogen-bond acceptors (Lipinski definition) is 4. The second-order valence-electron chi connectivity index (χ2n) is 2.23. The van der Waals surface area contributed by atoms with Gasteiger partial charge in [-0.2, -0.15) is 4.39 Å². The molecule has 9 heteroatoms. The third-order valence-electron chi connectivity index (χ3n) is 1.38. The predicted molar refractivity (Wildman–Crippen MR) is 45.3 cm³/mol. The minimum absolute atomic E-state index is 0. The van der Waals surface area contributed by atoms with E-state index in [1.54, 1.807) is 0 Å². The number of nitrogens with zero attached hydrogens (tertiary/aromatic N) is 1. The van der Waals surface area contributed by atoms with Crippen molar-refractivity contribution in [2.45, 2.75) is 4.90 Å². The Morgan fingerprint density at radius 1 is 1.47 bits per heavy atom. The van der Waals surface area contributed by atoms with Crippen molar-refractivity contribution >= 4 is 28.4 Å². The van der Waals surface area contributed by atoms with Gasteiger partial charge in [-0.3, -0.25) is 14.3 Å². The maximum atomic E-state index is 12.8. The van der Waals surface area contributed by atoms with Crippen LogP contribution in [0.3, 0.4) is 0 Å². The molecule has 0 amide bonds. The Bertz CT molecular complexity index is 395. The van der Waals surface area contributed by atoms with Crippen molar-refractivity contribution in [3.8, 4) is 0 Å². The zero-order valence-corrected chi connectivity index (χ0v) is 11.0. The van der Waals surface area contributed by atoms with E-state index in [0.29, 0.717) is 12.1 Å². The van der Waals surface area contributed by atoms with Gasteiger partial charge < -0.3 is 4.55 Å². The Kier molecular flexibility index (Phi) is 5.86. The van der Waals surface area contributed by atoms with Crippen LogP contribution in [-0.4, -0.2) is 13.7 Å². The van der Waals surface area contributed by atoms with Crippen LogP contribution in [-0.2, 0) is 11.1 Å². The van der Waals surface area contributed by atoms with Crippen molar-refractivity contribution in [1.29, 1.82) is 0 Å². The summed E-state index contributed by atoms with van der Waals surface area (Å²) in [5.74, 6) is -1.17. The molecule has 0 aromatic heterocycles. The number of nitro groups is 1. The molecule has 5 nitrogen and oxygen atoms in total. The summed E-state index contributed by atoms with van der Waals surface area (Å²) < 4.78 is 33.8. The van der Waals surface area contributed by atoms with E-state index in [0.717, 1.165) is 0 Å². The second kappa shape index (κ2) is 5.88. The number of rotatable bonds is 2. The standard InChI is InChI=1S/C6H3ClFNO4S.Na/c7-3-1-4(8)5(9(10)11)2-6(3)14(12)13;/h1-2H,(H,12,13);/q;+1/p-1. The Morgan fingerprint density at radius 2 is 2.00 bits per heavy atom. The molecule has 0 aliphatic rings. The van der Waals surface area contributed by atoms with Crippen LogP contribution in [0.4, 0.5) is 10.1 Å². The third kappa shape index (κ3) is 3.47. The molecule has 0 saturated heterocycles. The predicted octanol–water partition coefficient (Wildman–Crippen LogP) is -1.37. The molecule has 0 spiro atoms. The molecule has 0 saturated carbocycles. The number of hydrogen-bond donors (Lipinski definition) is 0. The van der Waals surface area contributed by atoms with Crippen molar-refractivity contribution in [1.82, 2.24) is 0 Å². The first-order valence-electron chi connectivity index (χ1n) is 3.16. The van der Waals surface area contributed by atoms with Gasteiger partial charge in [-0.1, -0.05) is 11.6 Å². The fourth-order valence-corrected chi connectivity index (χ4v) is 1.55. The summed E-state index contributed by atoms with van der Waals surface area (Å²) in [7, 11) is 0. The van der Waals surface area contributed by atoms with Crippen LogP contribution in [0.5, 0.6) is 0 Å². The average molecular weight is 262 g/mol. The van der Waals surface area contributed by atoms with Crippen LogP contribution in [0.25, 0.3) is 0 Å². The van der Waals surface area contributed by atoms with Crippen LogP contribution in [0, 0.1) is 15.9 Å². The molecule has 1 unspecified atom stereocenters. The van der Waals surface area contributed by atoms with Crippen LogP contribution in [0.2, 0.25) is 5.02 Å². The Balaban J connectivity index is 0.00000196. The molecule has 15 heavy (non-hydrogen) atoms. The zero-order chi connectivity index (χ0) is 10.9. The topological polar surface area (TPSA) is 83.3 Å². The molecule has 1 aromatic carbocycles. The van der Waals surface area contributed by atoms with Gasteiger partial charge in [-0.15, -0.1) is 0 Å². The molecule has 0 aliphatic heterocycles. The molecular weight excluding hydrogens is 260 g/mol. The van der Waals surface area contributed by atoms with E-state index in [9.17, 15) is 23.3 Å². The van der Waals surface area contributed by atoms with Gasteiger partial charge in [0.15, 0.2) is 0 Å². The zero-order valence-electron chi connectivity index (χ0n) is 7.40. The first kappa shape index (κ1) is 14.9. The maximum Gasteiger partial charge on any atom is 1.00 e. The fourth-order valence-electron chi connectivity index (χ4n) is 0.786. The average Bonchev–Trinajstić information content (AvgIpc) is 2.02. The van der Waals surface area contributed by atoms with E-state index in [2.05, 4.69) is 0 Å². The molecule has 0 radical (unpaired) electrons. The van der Waals surface area contributed by atoms with Gasteiger partial charge in [0.1, 0.15) is 0 Å². The van der Waals surface area contributed by atoms with Gasteiger partial charge in [-0.05, 0) is 11.1 Å². The van der Waals surface area contributed by atoms with Crippen LogP contribution in [0.15, 0.2) is 17.0 Å². The van der Waals surface area contributed by atoms with Crippen LogP contribution < -0.4 is 29.6 Å². The summed E-state index contributed by atoms with van der Waals surface area (Å²) in [6.07, 6.45) is 0. The fraction of sp³-hybridized carbons (Fsp3) is 0. The third-order valence-corrected chi connectivity index (χ3v) is 2.50. The maximum absolute atomic E-state index is 12.8. The van der Waals surface area contributed by atoms with Crippen LogP contribution in [0.1, 0.15) is 0 Å². The van der Waals surface area contributed by atoms with E-state index in [1.165, 1.54) is 0 Å². The minimum Gasteiger partial charge on any atom is -0.768 e. The Hall–Kier alpha value is -0.0500. The number of halogens is 2. The Labute approximate surface area is 113 Å². The summed E-state index contributed by atoms with van der Waals surface area (Å²) in [5, 5.41) is 9.84. The molecule has 0 fully saturated rings. The SMILES string of the molecule is O=[N+]([O-])c1cc(S(=O)[O-])c(Cl)cc1F.[Na+]. The summed E-state index contributed by atoms with van der Waals surface area (Å²) in [6, 6.07) is 1.16. The van der Waals surface area contributed by atoms with E-state index < -0.39 is 32.4 Å². The van der Waals surface area contributed by atoms with Crippen molar-refractivity contribution in [2.75, 3.05) is 0 Å². The van der Waals surface area contributed by atoms with Crippen molar-refractivity contribution < 1.29 is 47.6 Å². The normalized spacial score (nSPS) is 11.7. The molecule has 76 valence electrons. The van der Waals surface area contributed by atoms with E-state index in [-0.39, 0.29) is 34.6 Å². The molecule has 0 N–H and O–H groups in total. The summed E-state index contributed by atoms with van der Waals surface area (Å²) in [5.41, 5.74) is -0.923. The minimum atomic E-state index is -2.73. The first-order chi connectivity index (χ1) is 6.43. The smallest absolute Gasteiger partial charge is 0.768 e. The van der Waals surface area contributed by atoms with Gasteiger partial charge in [-0.25, -0.2) is 0 Å². The molecule has 1 rings (SSSR count). The largest absolute Gasteiger partial charge is 1.00 e. The number of nitro benzene ring substituents is 1. The quantitative estimate of drug-likeness (QED) is 0.285. The van der Waals surface area contributed by atoms with Crippen molar-refractivity contribution in [2.24, 2.45) is 0 Å². The van der Waals surface area contributed by atoms with Gasteiger partial charge in [0.2, 0.25) is 5.82 Å². The molecule has 1 atom stereocenters. The Morgan fingerprint density at radius 3 is 2.40 bits per heavy atom. The second-order valence-corrected chi connectivity index (χ2v) is 3.54. The summed E-state index contributed by atoms with van der Waals surface area (Å²) in [4.78, 5) is 8.70. The molecule has 0 bridgehead atoms. The number of benzene rings is 1. The van der Waals surface area contributed by atoms with Crippen molar-refractivity contribution in [3.05, 3.63) is 33.1 Å². The molecule has 0 aliphatic carbocycles. The monoisotopic (exact) mass is 261 g/mol. The molecular formula is C6H2ClFNNaO4S. The van der Waals surface area contributed by atoms with Crippen molar-refractivity contribution in [3.63, 3.8) is 0 Å². The van der Waals surface area contributed by atoms with E-state index in [4.69, 9.17) is 11.6 Å². The first-order valence-corrected chi connectivity index (χ1v) is 4.61. The molecule has 1 aromatic rings. The van der Waals surface area contributed by atoms with E-state index in [1.807, 2.05) is 0 Å².